The van der Waals surface area contributed by atoms with Gasteiger partial charge < -0.3 is 14.6 Å². The molecule has 0 radical (unpaired) electrons. The van der Waals surface area contributed by atoms with Gasteiger partial charge >= 0.3 is 0 Å². The molecule has 0 aliphatic carbocycles. The highest BCUT2D eigenvalue weighted by molar-refractivity contribution is 5.99. The summed E-state index contributed by atoms with van der Waals surface area (Å²) in [5.74, 6) is 0.455. The Kier molecular flexibility index (Phi) is 3.22. The molecule has 4 nitrogen and oxygen atoms in total. The van der Waals surface area contributed by atoms with Gasteiger partial charge in [0.05, 0.1) is 32.5 Å². The second-order valence-corrected chi connectivity index (χ2v) is 3.71. The molecular formula is C12H14O4. The Bertz CT molecular complexity index is 412. The van der Waals surface area contributed by atoms with E-state index < -0.39 is 0 Å². The number of aliphatic hydroxyl groups is 1. The lowest BCUT2D eigenvalue weighted by Gasteiger charge is -2.09. The van der Waals surface area contributed by atoms with Crippen LogP contribution in [0.5, 0.6) is 5.75 Å². The van der Waals surface area contributed by atoms with Crippen LogP contribution < -0.4 is 4.74 Å². The number of Topliss-reactive ketones (excluding diaryl/α,β-unsaturated/α-hetero) is 1. The lowest BCUT2D eigenvalue weighted by atomic mass is 10.0. The third-order valence-corrected chi connectivity index (χ3v) is 2.68. The predicted molar refractivity (Wildman–Crippen MR) is 57.5 cm³/mol. The van der Waals surface area contributed by atoms with Crippen molar-refractivity contribution in [1.82, 2.24) is 0 Å². The highest BCUT2D eigenvalue weighted by atomic mass is 16.5. The maximum atomic E-state index is 11.7. The minimum absolute atomic E-state index is 0.103. The number of hydrogen-bond acceptors (Lipinski definition) is 4. The molecule has 4 heteroatoms. The quantitative estimate of drug-likeness (QED) is 0.780. The van der Waals surface area contributed by atoms with Crippen molar-refractivity contribution in [3.8, 4) is 5.75 Å². The number of ketones is 1. The Balaban J connectivity index is 2.39. The molecule has 1 N–H and O–H groups in total. The molecular weight excluding hydrogens is 208 g/mol. The molecule has 1 aromatic rings. The second kappa shape index (κ2) is 4.63. The lowest BCUT2D eigenvalue weighted by molar-refractivity contribution is 0.0953. The van der Waals surface area contributed by atoms with Crippen molar-refractivity contribution in [2.24, 2.45) is 0 Å². The van der Waals surface area contributed by atoms with Crippen molar-refractivity contribution < 1.29 is 19.4 Å². The smallest absolute Gasteiger partial charge is 0.168 e. The zero-order chi connectivity index (χ0) is 11.5. The molecule has 0 fully saturated rings. The van der Waals surface area contributed by atoms with Gasteiger partial charge in [0.25, 0.3) is 0 Å². The summed E-state index contributed by atoms with van der Waals surface area (Å²) in [6.07, 6.45) is 0.121. The van der Waals surface area contributed by atoms with E-state index in [4.69, 9.17) is 14.6 Å². The average molecular weight is 222 g/mol. The number of carbonyl (C=O) groups excluding carboxylic acids is 1. The molecule has 1 aliphatic rings. The normalized spacial score (nSPS) is 13.6. The van der Waals surface area contributed by atoms with E-state index in [1.807, 2.05) is 6.07 Å². The monoisotopic (exact) mass is 222 g/mol. The van der Waals surface area contributed by atoms with Gasteiger partial charge in [0, 0.05) is 6.42 Å². The molecule has 2 rings (SSSR count). The fraction of sp³-hybridized carbons (Fsp3) is 0.417. The molecule has 0 unspecified atom stereocenters. The molecule has 1 heterocycles. The van der Waals surface area contributed by atoms with E-state index in [2.05, 4.69) is 0 Å². The number of methoxy groups -OCH3 is 1. The number of carbonyl (C=O) groups is 1. The third kappa shape index (κ3) is 1.94. The molecule has 0 amide bonds. The van der Waals surface area contributed by atoms with Crippen LogP contribution in [-0.4, -0.2) is 24.6 Å². The molecule has 0 bridgehead atoms. The van der Waals surface area contributed by atoms with Gasteiger partial charge in [-0.05, 0) is 23.3 Å². The van der Waals surface area contributed by atoms with Crippen molar-refractivity contribution >= 4 is 5.78 Å². The van der Waals surface area contributed by atoms with Crippen LogP contribution in [0.15, 0.2) is 12.1 Å². The molecule has 0 atom stereocenters. The van der Waals surface area contributed by atoms with Gasteiger partial charge in [0.15, 0.2) is 5.78 Å². The van der Waals surface area contributed by atoms with Crippen LogP contribution in [0.3, 0.4) is 0 Å². The summed E-state index contributed by atoms with van der Waals surface area (Å²) < 4.78 is 10.5. The number of ether oxygens (including phenoxy) is 2. The standard InChI is InChI=1S/C12H14O4/c1-15-12-5-9-7-16-6-8(9)4-10(12)11(14)2-3-13/h4-5,13H,2-3,6-7H2,1H3. The van der Waals surface area contributed by atoms with Crippen LogP contribution in [0.2, 0.25) is 0 Å². The maximum Gasteiger partial charge on any atom is 0.168 e. The van der Waals surface area contributed by atoms with Gasteiger partial charge in [-0.3, -0.25) is 4.79 Å². The van der Waals surface area contributed by atoms with Gasteiger partial charge in [-0.1, -0.05) is 0 Å². The summed E-state index contributed by atoms with van der Waals surface area (Å²) in [6.45, 7) is 0.967. The van der Waals surface area contributed by atoms with Crippen LogP contribution in [0, 0.1) is 0 Å². The molecule has 86 valence electrons. The fourth-order valence-electron chi connectivity index (χ4n) is 1.83. The molecule has 0 saturated carbocycles. The highest BCUT2D eigenvalue weighted by Crippen LogP contribution is 2.29. The van der Waals surface area contributed by atoms with E-state index in [1.165, 1.54) is 7.11 Å². The van der Waals surface area contributed by atoms with Crippen LogP contribution in [0.1, 0.15) is 27.9 Å². The topological polar surface area (TPSA) is 55.8 Å². The summed E-state index contributed by atoms with van der Waals surface area (Å²) in [4.78, 5) is 11.7. The number of rotatable bonds is 4. The van der Waals surface area contributed by atoms with E-state index in [9.17, 15) is 4.79 Å². The Hall–Kier alpha value is -1.39. The van der Waals surface area contributed by atoms with E-state index in [0.717, 1.165) is 11.1 Å². The largest absolute Gasteiger partial charge is 0.496 e. The Morgan fingerprint density at radius 2 is 2.12 bits per heavy atom. The lowest BCUT2D eigenvalue weighted by Crippen LogP contribution is -2.05. The first-order chi connectivity index (χ1) is 7.76. The van der Waals surface area contributed by atoms with Gasteiger partial charge in [-0.2, -0.15) is 0 Å². The minimum atomic E-state index is -0.143. The number of fused-ring (bicyclic) bond motifs is 1. The SMILES string of the molecule is COc1cc2c(cc1C(=O)CCO)COC2. The number of hydrogen-bond donors (Lipinski definition) is 1. The van der Waals surface area contributed by atoms with Crippen molar-refractivity contribution in [1.29, 1.82) is 0 Å². The molecule has 0 aromatic heterocycles. The van der Waals surface area contributed by atoms with Crippen LogP contribution in [0.25, 0.3) is 0 Å². The van der Waals surface area contributed by atoms with Crippen LogP contribution >= 0.6 is 0 Å². The first-order valence-electron chi connectivity index (χ1n) is 5.18. The third-order valence-electron chi connectivity index (χ3n) is 2.68. The van der Waals surface area contributed by atoms with E-state index in [-0.39, 0.29) is 18.8 Å². The number of benzene rings is 1. The zero-order valence-electron chi connectivity index (χ0n) is 9.16. The Morgan fingerprint density at radius 1 is 1.44 bits per heavy atom. The van der Waals surface area contributed by atoms with E-state index in [0.29, 0.717) is 24.5 Å². The van der Waals surface area contributed by atoms with Crippen LogP contribution in [0.4, 0.5) is 0 Å². The summed E-state index contributed by atoms with van der Waals surface area (Å²) in [5.41, 5.74) is 2.63. The first-order valence-corrected chi connectivity index (χ1v) is 5.18. The van der Waals surface area contributed by atoms with Gasteiger partial charge in [-0.25, -0.2) is 0 Å². The predicted octanol–water partition coefficient (Wildman–Crippen LogP) is 1.29. The molecule has 0 spiro atoms. The zero-order valence-corrected chi connectivity index (χ0v) is 9.16. The molecule has 1 aromatic carbocycles. The number of aliphatic hydroxyl groups excluding tert-OH is 1. The summed E-state index contributed by atoms with van der Waals surface area (Å²) in [7, 11) is 1.53. The van der Waals surface area contributed by atoms with Crippen molar-refractivity contribution in [2.45, 2.75) is 19.6 Å². The maximum absolute atomic E-state index is 11.7. The minimum Gasteiger partial charge on any atom is -0.496 e. The fourth-order valence-corrected chi connectivity index (χ4v) is 1.83. The van der Waals surface area contributed by atoms with E-state index >= 15 is 0 Å². The first kappa shape index (κ1) is 11.1. The summed E-state index contributed by atoms with van der Waals surface area (Å²) in [5, 5.41) is 8.77. The molecule has 1 aliphatic heterocycles. The van der Waals surface area contributed by atoms with Crippen molar-refractivity contribution in [3.05, 3.63) is 28.8 Å². The molecule has 16 heavy (non-hydrogen) atoms. The average Bonchev–Trinajstić information content (AvgIpc) is 2.74. The summed E-state index contributed by atoms with van der Waals surface area (Å²) in [6, 6.07) is 3.64. The Labute approximate surface area is 93.8 Å². The molecule has 0 saturated heterocycles. The highest BCUT2D eigenvalue weighted by Gasteiger charge is 2.19. The van der Waals surface area contributed by atoms with Gasteiger partial charge in [0.2, 0.25) is 0 Å². The summed E-state index contributed by atoms with van der Waals surface area (Å²) >= 11 is 0. The van der Waals surface area contributed by atoms with Gasteiger partial charge in [-0.15, -0.1) is 0 Å². The second-order valence-electron chi connectivity index (χ2n) is 3.71. The van der Waals surface area contributed by atoms with Crippen molar-refractivity contribution in [2.75, 3.05) is 13.7 Å². The van der Waals surface area contributed by atoms with Crippen LogP contribution in [-0.2, 0) is 18.0 Å². The van der Waals surface area contributed by atoms with Crippen molar-refractivity contribution in [3.63, 3.8) is 0 Å². The van der Waals surface area contributed by atoms with Gasteiger partial charge in [0.1, 0.15) is 5.75 Å². The Morgan fingerprint density at radius 3 is 2.75 bits per heavy atom. The van der Waals surface area contributed by atoms with E-state index in [1.54, 1.807) is 6.07 Å².